The second-order valence-corrected chi connectivity index (χ2v) is 7.15. The monoisotopic (exact) mass is 352 g/mol. The van der Waals surface area contributed by atoms with E-state index in [0.29, 0.717) is 23.4 Å². The summed E-state index contributed by atoms with van der Waals surface area (Å²) < 4.78 is 17.3. The molecule has 0 aliphatic rings. The number of rotatable bonds is 7. The van der Waals surface area contributed by atoms with Gasteiger partial charge in [-0.25, -0.2) is 0 Å². The van der Waals surface area contributed by atoms with Crippen molar-refractivity contribution in [1.82, 2.24) is 4.98 Å². The predicted octanol–water partition coefficient (Wildman–Crippen LogP) is 2.83. The van der Waals surface area contributed by atoms with Gasteiger partial charge in [0.2, 0.25) is 0 Å². The summed E-state index contributed by atoms with van der Waals surface area (Å²) in [6, 6.07) is 6.52. The number of phenols is 1. The van der Waals surface area contributed by atoms with Crippen LogP contribution in [0.15, 0.2) is 36.7 Å². The molecular weight excluding hydrogens is 331 g/mol. The van der Waals surface area contributed by atoms with Gasteiger partial charge in [0.25, 0.3) is 0 Å². The van der Waals surface area contributed by atoms with E-state index in [4.69, 9.17) is 4.74 Å². The highest BCUT2D eigenvalue weighted by Gasteiger charge is 2.31. The number of nitrogens with one attached hydrogen (secondary N) is 1. The molecule has 130 valence electrons. The van der Waals surface area contributed by atoms with Crippen molar-refractivity contribution in [3.63, 3.8) is 0 Å². The first-order chi connectivity index (χ1) is 11.3. The van der Waals surface area contributed by atoms with E-state index in [0.717, 1.165) is 0 Å². The Morgan fingerprint density at radius 1 is 1.38 bits per heavy atom. The van der Waals surface area contributed by atoms with Crippen molar-refractivity contribution in [1.29, 1.82) is 0 Å². The maximum absolute atomic E-state index is 12.0. The smallest absolute Gasteiger partial charge is 0.334 e. The van der Waals surface area contributed by atoms with Crippen molar-refractivity contribution < 1.29 is 24.2 Å². The lowest BCUT2D eigenvalue weighted by atomic mass is 10.1. The van der Waals surface area contributed by atoms with Crippen molar-refractivity contribution in [3.8, 4) is 11.5 Å². The Bertz CT molecular complexity index is 733. The zero-order valence-electron chi connectivity index (χ0n) is 13.5. The first-order valence-electron chi connectivity index (χ1n) is 7.48. The van der Waals surface area contributed by atoms with E-state index < -0.39 is 13.3 Å². The standard InChI is InChI=1S/C16H21N2O5P/c1-3-23-14-8-12(7-11(2)16(14)19)15(24(20,21)22)10-18-13-5-4-6-17-9-13/h4-9,15,18-19H,3,10H2,1-2H3,(H2,20,21,22). The van der Waals surface area contributed by atoms with Crippen LogP contribution >= 0.6 is 7.60 Å². The molecule has 4 N–H and O–H groups in total. The summed E-state index contributed by atoms with van der Waals surface area (Å²) in [7, 11) is -4.43. The third-order valence-corrected chi connectivity index (χ3v) is 4.83. The summed E-state index contributed by atoms with van der Waals surface area (Å²) in [5, 5.41) is 13.0. The first-order valence-corrected chi connectivity index (χ1v) is 9.16. The predicted molar refractivity (Wildman–Crippen MR) is 91.5 cm³/mol. The minimum Gasteiger partial charge on any atom is -0.504 e. The zero-order chi connectivity index (χ0) is 17.7. The Balaban J connectivity index is 2.33. The lowest BCUT2D eigenvalue weighted by molar-refractivity contribution is 0.316. The Kier molecular flexibility index (Phi) is 5.83. The van der Waals surface area contributed by atoms with Crippen LogP contribution in [0.25, 0.3) is 0 Å². The number of nitrogens with zero attached hydrogens (tertiary/aromatic N) is 1. The number of ether oxygens (including phenoxy) is 1. The van der Waals surface area contributed by atoms with Crippen molar-refractivity contribution in [2.75, 3.05) is 18.5 Å². The van der Waals surface area contributed by atoms with E-state index in [1.165, 1.54) is 6.07 Å². The minimum absolute atomic E-state index is 0.0196. The van der Waals surface area contributed by atoms with E-state index in [-0.39, 0.29) is 18.0 Å². The molecule has 0 fully saturated rings. The molecule has 0 radical (unpaired) electrons. The van der Waals surface area contributed by atoms with Gasteiger partial charge in [-0.15, -0.1) is 0 Å². The van der Waals surface area contributed by atoms with Gasteiger partial charge in [-0.1, -0.05) is 6.07 Å². The number of pyridine rings is 1. The van der Waals surface area contributed by atoms with E-state index in [2.05, 4.69) is 10.3 Å². The average molecular weight is 352 g/mol. The third kappa shape index (κ3) is 4.47. The molecule has 0 spiro atoms. The van der Waals surface area contributed by atoms with Gasteiger partial charge in [-0.3, -0.25) is 9.55 Å². The van der Waals surface area contributed by atoms with Gasteiger partial charge in [0.1, 0.15) is 5.66 Å². The average Bonchev–Trinajstić information content (AvgIpc) is 2.52. The zero-order valence-corrected chi connectivity index (χ0v) is 14.4. The number of phenolic OH excluding ortho intramolecular Hbond substituents is 1. The Morgan fingerprint density at radius 3 is 2.71 bits per heavy atom. The molecule has 0 amide bonds. The molecule has 2 aromatic rings. The number of aromatic nitrogens is 1. The van der Waals surface area contributed by atoms with E-state index in [1.54, 1.807) is 44.4 Å². The summed E-state index contributed by atoms with van der Waals surface area (Å²) in [6.07, 6.45) is 3.19. The van der Waals surface area contributed by atoms with Crippen LogP contribution in [0.1, 0.15) is 23.7 Å². The molecular formula is C16H21N2O5P. The van der Waals surface area contributed by atoms with Crippen LogP contribution < -0.4 is 10.1 Å². The second-order valence-electron chi connectivity index (χ2n) is 5.35. The Hall–Kier alpha value is -2.08. The highest BCUT2D eigenvalue weighted by Crippen LogP contribution is 2.53. The van der Waals surface area contributed by atoms with Gasteiger partial charge in [0.05, 0.1) is 12.3 Å². The summed E-state index contributed by atoms with van der Waals surface area (Å²) in [5.41, 5.74) is 0.488. The fourth-order valence-electron chi connectivity index (χ4n) is 2.34. The van der Waals surface area contributed by atoms with Crippen LogP contribution in [-0.4, -0.2) is 33.0 Å². The van der Waals surface area contributed by atoms with Gasteiger partial charge in [-0.05, 0) is 43.2 Å². The normalized spacial score (nSPS) is 12.7. The van der Waals surface area contributed by atoms with E-state index >= 15 is 0 Å². The van der Waals surface area contributed by atoms with Crippen LogP contribution in [0.5, 0.6) is 11.5 Å². The topological polar surface area (TPSA) is 112 Å². The van der Waals surface area contributed by atoms with E-state index in [1.807, 2.05) is 0 Å². The molecule has 1 unspecified atom stereocenters. The van der Waals surface area contributed by atoms with Crippen LogP contribution in [-0.2, 0) is 4.57 Å². The fraction of sp³-hybridized carbons (Fsp3) is 0.312. The highest BCUT2D eigenvalue weighted by atomic mass is 31.2. The molecule has 2 rings (SSSR count). The molecule has 0 aliphatic heterocycles. The first kappa shape index (κ1) is 18.3. The number of anilines is 1. The number of hydrogen-bond donors (Lipinski definition) is 4. The van der Waals surface area contributed by atoms with Gasteiger partial charge in [-0.2, -0.15) is 0 Å². The van der Waals surface area contributed by atoms with Crippen LogP contribution in [0.3, 0.4) is 0 Å². The van der Waals surface area contributed by atoms with Crippen molar-refractivity contribution in [2.24, 2.45) is 0 Å². The van der Waals surface area contributed by atoms with Crippen LogP contribution in [0, 0.1) is 6.92 Å². The largest absolute Gasteiger partial charge is 0.504 e. The molecule has 1 aromatic heterocycles. The Labute approximate surface area is 140 Å². The molecule has 0 bridgehead atoms. The number of hydrogen-bond acceptors (Lipinski definition) is 5. The summed E-state index contributed by atoms with van der Waals surface area (Å²) in [6.45, 7) is 3.79. The molecule has 1 aromatic carbocycles. The highest BCUT2D eigenvalue weighted by molar-refractivity contribution is 7.52. The minimum atomic E-state index is -4.43. The molecule has 1 atom stereocenters. The maximum atomic E-state index is 12.0. The number of aryl methyl sites for hydroxylation is 1. The number of benzene rings is 1. The lowest BCUT2D eigenvalue weighted by Gasteiger charge is -2.21. The third-order valence-electron chi connectivity index (χ3n) is 3.54. The van der Waals surface area contributed by atoms with Crippen molar-refractivity contribution in [2.45, 2.75) is 19.5 Å². The molecule has 0 saturated heterocycles. The van der Waals surface area contributed by atoms with Crippen LogP contribution in [0.2, 0.25) is 0 Å². The maximum Gasteiger partial charge on any atom is 0.334 e. The SMILES string of the molecule is CCOc1cc(C(CNc2cccnc2)P(=O)(O)O)cc(C)c1O. The molecule has 24 heavy (non-hydrogen) atoms. The van der Waals surface area contributed by atoms with Gasteiger partial charge in [0, 0.05) is 18.9 Å². The molecule has 7 nitrogen and oxygen atoms in total. The summed E-state index contributed by atoms with van der Waals surface area (Å²) >= 11 is 0. The summed E-state index contributed by atoms with van der Waals surface area (Å²) in [4.78, 5) is 23.4. The Morgan fingerprint density at radius 2 is 2.12 bits per heavy atom. The quantitative estimate of drug-likeness (QED) is 0.567. The molecule has 1 heterocycles. The number of aromatic hydroxyl groups is 1. The second kappa shape index (κ2) is 7.66. The lowest BCUT2D eigenvalue weighted by Crippen LogP contribution is -2.14. The van der Waals surface area contributed by atoms with Gasteiger partial charge in [0.15, 0.2) is 11.5 Å². The molecule has 0 aliphatic carbocycles. The summed E-state index contributed by atoms with van der Waals surface area (Å²) in [5.74, 6) is 0.192. The van der Waals surface area contributed by atoms with Crippen molar-refractivity contribution in [3.05, 3.63) is 47.8 Å². The van der Waals surface area contributed by atoms with Crippen LogP contribution in [0.4, 0.5) is 5.69 Å². The van der Waals surface area contributed by atoms with Crippen molar-refractivity contribution >= 4 is 13.3 Å². The molecule has 8 heteroatoms. The van der Waals surface area contributed by atoms with Gasteiger partial charge < -0.3 is 24.9 Å². The van der Waals surface area contributed by atoms with E-state index in [9.17, 15) is 19.5 Å². The van der Waals surface area contributed by atoms with Gasteiger partial charge >= 0.3 is 7.60 Å². The molecule has 0 saturated carbocycles. The fourth-order valence-corrected chi connectivity index (χ4v) is 3.21.